The molecule has 0 radical (unpaired) electrons. The number of ether oxygens (including phenoxy) is 1. The first-order valence-corrected chi connectivity index (χ1v) is 9.21. The fraction of sp³-hybridized carbons (Fsp3) is 0.118. The maximum Gasteiger partial charge on any atom is 0.417 e. The van der Waals surface area contributed by atoms with Crippen molar-refractivity contribution in [2.24, 2.45) is 0 Å². The molecular formula is C17H9Cl3F3NO2S. The van der Waals surface area contributed by atoms with Crippen molar-refractivity contribution in [2.75, 3.05) is 12.4 Å². The third-order valence-electron chi connectivity index (χ3n) is 3.66. The number of fused-ring (bicyclic) bond motifs is 1. The Morgan fingerprint density at radius 3 is 2.44 bits per heavy atom. The SMILES string of the molecule is COc1ccc2c(Cl)c(C(=O)Nc3ccc(Cl)c(C(F)(F)F)c3)sc2c1Cl. The molecule has 1 amide bonds. The number of benzene rings is 2. The van der Waals surface area contributed by atoms with E-state index in [1.807, 2.05) is 0 Å². The van der Waals surface area contributed by atoms with Crippen LogP contribution in [-0.4, -0.2) is 13.0 Å². The zero-order valence-corrected chi connectivity index (χ0v) is 16.5. The number of hydrogen-bond acceptors (Lipinski definition) is 3. The summed E-state index contributed by atoms with van der Waals surface area (Å²) in [6, 6.07) is 6.36. The van der Waals surface area contributed by atoms with E-state index in [9.17, 15) is 18.0 Å². The van der Waals surface area contributed by atoms with E-state index in [4.69, 9.17) is 39.5 Å². The number of thiophene rings is 1. The topological polar surface area (TPSA) is 38.3 Å². The number of halogens is 6. The molecule has 0 bridgehead atoms. The van der Waals surface area contributed by atoms with Gasteiger partial charge in [-0.3, -0.25) is 4.79 Å². The zero-order valence-electron chi connectivity index (χ0n) is 13.4. The van der Waals surface area contributed by atoms with Gasteiger partial charge in [-0.15, -0.1) is 11.3 Å². The molecule has 0 unspecified atom stereocenters. The Morgan fingerprint density at radius 1 is 1.11 bits per heavy atom. The molecule has 0 aliphatic carbocycles. The molecule has 3 nitrogen and oxygen atoms in total. The lowest BCUT2D eigenvalue weighted by Gasteiger charge is -2.11. The van der Waals surface area contributed by atoms with Gasteiger partial charge < -0.3 is 10.1 Å². The number of nitrogens with one attached hydrogen (secondary N) is 1. The Labute approximate surface area is 170 Å². The first-order valence-electron chi connectivity index (χ1n) is 7.26. The summed E-state index contributed by atoms with van der Waals surface area (Å²) in [6.07, 6.45) is -4.64. The third kappa shape index (κ3) is 3.82. The molecular weight excluding hydrogens is 446 g/mol. The highest BCUT2D eigenvalue weighted by molar-refractivity contribution is 7.22. The van der Waals surface area contributed by atoms with E-state index < -0.39 is 22.7 Å². The van der Waals surface area contributed by atoms with Crippen molar-refractivity contribution in [1.82, 2.24) is 0 Å². The molecule has 142 valence electrons. The third-order valence-corrected chi connectivity index (χ3v) is 6.20. The lowest BCUT2D eigenvalue weighted by atomic mass is 10.2. The van der Waals surface area contributed by atoms with Crippen molar-refractivity contribution >= 4 is 67.8 Å². The van der Waals surface area contributed by atoms with Gasteiger partial charge in [0.25, 0.3) is 5.91 Å². The van der Waals surface area contributed by atoms with Gasteiger partial charge in [0.1, 0.15) is 15.6 Å². The predicted octanol–water partition coefficient (Wildman–Crippen LogP) is 7.14. The van der Waals surface area contributed by atoms with Crippen LogP contribution in [0.1, 0.15) is 15.2 Å². The van der Waals surface area contributed by atoms with Crippen molar-refractivity contribution in [1.29, 1.82) is 0 Å². The highest BCUT2D eigenvalue weighted by Gasteiger charge is 2.33. The van der Waals surface area contributed by atoms with Crippen LogP contribution in [-0.2, 0) is 6.18 Å². The Kier molecular flexibility index (Phi) is 5.49. The number of carbonyl (C=O) groups excluding carboxylic acids is 1. The molecule has 0 saturated carbocycles. The van der Waals surface area contributed by atoms with Crippen molar-refractivity contribution in [3.63, 3.8) is 0 Å². The van der Waals surface area contributed by atoms with E-state index >= 15 is 0 Å². The minimum atomic E-state index is -4.64. The summed E-state index contributed by atoms with van der Waals surface area (Å²) >= 11 is 19.1. The minimum absolute atomic E-state index is 0.0612. The second-order valence-electron chi connectivity index (χ2n) is 5.35. The Balaban J connectivity index is 1.98. The predicted molar refractivity (Wildman–Crippen MR) is 103 cm³/mol. The fourth-order valence-electron chi connectivity index (χ4n) is 2.39. The van der Waals surface area contributed by atoms with Gasteiger partial charge in [-0.25, -0.2) is 0 Å². The highest BCUT2D eigenvalue weighted by atomic mass is 35.5. The molecule has 10 heteroatoms. The fourth-order valence-corrected chi connectivity index (χ4v) is 4.41. The lowest BCUT2D eigenvalue weighted by molar-refractivity contribution is -0.137. The number of carbonyl (C=O) groups is 1. The molecule has 0 atom stereocenters. The molecule has 0 saturated heterocycles. The maximum absolute atomic E-state index is 13.0. The van der Waals surface area contributed by atoms with Gasteiger partial charge in [-0.05, 0) is 30.3 Å². The monoisotopic (exact) mass is 453 g/mol. The number of methoxy groups -OCH3 is 1. The van der Waals surface area contributed by atoms with Crippen LogP contribution in [0.15, 0.2) is 30.3 Å². The van der Waals surface area contributed by atoms with E-state index in [-0.39, 0.29) is 15.6 Å². The summed E-state index contributed by atoms with van der Waals surface area (Å²) in [6.45, 7) is 0. The van der Waals surface area contributed by atoms with Gasteiger partial charge in [0.05, 0.1) is 27.4 Å². The van der Waals surface area contributed by atoms with Crippen molar-refractivity contribution in [3.8, 4) is 5.75 Å². The van der Waals surface area contributed by atoms with Crippen molar-refractivity contribution in [3.05, 3.63) is 55.8 Å². The normalized spacial score (nSPS) is 11.7. The molecule has 1 N–H and O–H groups in total. The first kappa shape index (κ1) is 20.1. The quantitative estimate of drug-likeness (QED) is 0.457. The lowest BCUT2D eigenvalue weighted by Crippen LogP contribution is -2.12. The summed E-state index contributed by atoms with van der Waals surface area (Å²) in [5, 5.41) is 2.94. The molecule has 2 aromatic carbocycles. The van der Waals surface area contributed by atoms with Crippen LogP contribution in [0.3, 0.4) is 0 Å². The molecule has 0 spiro atoms. The van der Waals surface area contributed by atoms with Gasteiger partial charge in [0.15, 0.2) is 0 Å². The summed E-state index contributed by atoms with van der Waals surface area (Å²) < 4.78 is 44.6. The van der Waals surface area contributed by atoms with Crippen LogP contribution >= 0.6 is 46.1 Å². The van der Waals surface area contributed by atoms with Gasteiger partial charge in [0.2, 0.25) is 0 Å². The van der Waals surface area contributed by atoms with E-state index in [0.29, 0.717) is 20.9 Å². The van der Waals surface area contributed by atoms with Gasteiger partial charge >= 0.3 is 6.18 Å². The van der Waals surface area contributed by atoms with Crippen LogP contribution in [0, 0.1) is 0 Å². The number of amides is 1. The average Bonchev–Trinajstić information content (AvgIpc) is 2.94. The maximum atomic E-state index is 13.0. The minimum Gasteiger partial charge on any atom is -0.495 e. The molecule has 1 aromatic heterocycles. The molecule has 0 aliphatic heterocycles. The van der Waals surface area contributed by atoms with Crippen LogP contribution in [0.2, 0.25) is 15.1 Å². The van der Waals surface area contributed by atoms with Crippen LogP contribution < -0.4 is 10.1 Å². The standard InChI is InChI=1S/C17H9Cl3F3NO2S/c1-26-11-5-3-8-12(19)15(27-14(8)13(11)20)16(25)24-7-2-4-10(18)9(6-7)17(21,22)23/h2-6H,1H3,(H,24,25). The van der Waals surface area contributed by atoms with Gasteiger partial charge in [-0.1, -0.05) is 34.8 Å². The van der Waals surface area contributed by atoms with E-state index in [2.05, 4.69) is 5.32 Å². The molecule has 3 rings (SSSR count). The van der Waals surface area contributed by atoms with Crippen molar-refractivity contribution < 1.29 is 22.7 Å². The molecule has 0 aliphatic rings. The molecule has 1 heterocycles. The summed E-state index contributed by atoms with van der Waals surface area (Å²) in [5.74, 6) is -0.242. The zero-order chi connectivity index (χ0) is 19.9. The van der Waals surface area contributed by atoms with Gasteiger partial charge in [-0.2, -0.15) is 13.2 Å². The number of anilines is 1. The van der Waals surface area contributed by atoms with Crippen molar-refractivity contribution in [2.45, 2.75) is 6.18 Å². The Morgan fingerprint density at radius 2 is 1.81 bits per heavy atom. The second kappa shape index (κ2) is 7.39. The van der Waals surface area contributed by atoms with Crippen LogP contribution in [0.5, 0.6) is 5.75 Å². The smallest absolute Gasteiger partial charge is 0.417 e. The van der Waals surface area contributed by atoms with E-state index in [1.54, 1.807) is 12.1 Å². The number of rotatable bonds is 3. The first-order chi connectivity index (χ1) is 12.6. The van der Waals surface area contributed by atoms with Gasteiger partial charge in [0, 0.05) is 11.1 Å². The Hall–Kier alpha value is -1.67. The average molecular weight is 455 g/mol. The summed E-state index contributed by atoms with van der Waals surface area (Å²) in [7, 11) is 1.45. The van der Waals surface area contributed by atoms with Crippen LogP contribution in [0.25, 0.3) is 10.1 Å². The second-order valence-corrected chi connectivity index (χ2v) is 7.53. The Bertz CT molecular complexity index is 1050. The molecule has 3 aromatic rings. The molecule has 0 fully saturated rings. The summed E-state index contributed by atoms with van der Waals surface area (Å²) in [4.78, 5) is 12.7. The number of alkyl halides is 3. The highest BCUT2D eigenvalue weighted by Crippen LogP contribution is 2.43. The largest absolute Gasteiger partial charge is 0.495 e. The molecule has 27 heavy (non-hydrogen) atoms. The number of hydrogen-bond donors (Lipinski definition) is 1. The van der Waals surface area contributed by atoms with Crippen LogP contribution in [0.4, 0.5) is 18.9 Å². The van der Waals surface area contributed by atoms with E-state index in [1.165, 1.54) is 13.2 Å². The summed E-state index contributed by atoms with van der Waals surface area (Å²) in [5.41, 5.74) is -1.11. The van der Waals surface area contributed by atoms with E-state index in [0.717, 1.165) is 23.5 Å².